The van der Waals surface area contributed by atoms with Crippen LogP contribution in [-0.2, 0) is 16.6 Å². The van der Waals surface area contributed by atoms with Crippen molar-refractivity contribution in [3.05, 3.63) is 119 Å². The van der Waals surface area contributed by atoms with Gasteiger partial charge in [0.25, 0.3) is 15.9 Å². The largest absolute Gasteiger partial charge is 0.456 e. The maximum absolute atomic E-state index is 13.1. The molecule has 1 heterocycles. The summed E-state index contributed by atoms with van der Waals surface area (Å²) in [6.45, 7) is -0.0791. The number of carbonyl (C=O) groups excluding carboxylic acids is 1. The highest BCUT2D eigenvalue weighted by molar-refractivity contribution is 7.92. The number of hydrogen-bond donors (Lipinski definition) is 2. The molecule has 1 aromatic heterocycles. The zero-order valence-corrected chi connectivity index (χ0v) is 22.9. The number of carbonyl (C=O) groups is 1. The number of aromatic nitrogens is 2. The van der Waals surface area contributed by atoms with E-state index in [2.05, 4.69) is 20.2 Å². The van der Waals surface area contributed by atoms with Crippen LogP contribution in [0.5, 0.6) is 11.5 Å². The normalized spacial score (nSPS) is 11.2. The highest BCUT2D eigenvalue weighted by Crippen LogP contribution is 2.30. The van der Waals surface area contributed by atoms with Crippen LogP contribution in [0.3, 0.4) is 0 Å². The Bertz CT molecular complexity index is 1760. The minimum absolute atomic E-state index is 0.0116. The van der Waals surface area contributed by atoms with Crippen LogP contribution in [0.15, 0.2) is 106 Å². The third-order valence-corrected chi connectivity index (χ3v) is 7.49. The fraction of sp³-hybridized carbons (Fsp3) is 0.0357. The molecular formula is C28H20Cl2N4O5S. The molecule has 0 aliphatic carbocycles. The Labute approximate surface area is 239 Å². The molecule has 0 fully saturated rings. The zero-order valence-electron chi connectivity index (χ0n) is 20.5. The lowest BCUT2D eigenvalue weighted by Gasteiger charge is -2.13. The molecule has 9 nitrogen and oxygen atoms in total. The Morgan fingerprint density at radius 1 is 0.875 bits per heavy atom. The van der Waals surface area contributed by atoms with E-state index in [9.17, 15) is 13.2 Å². The van der Waals surface area contributed by atoms with Gasteiger partial charge in [0.15, 0.2) is 0 Å². The topological polar surface area (TPSA) is 123 Å². The number of ether oxygens (including phenoxy) is 1. The molecule has 0 saturated carbocycles. The number of benzene rings is 4. The summed E-state index contributed by atoms with van der Waals surface area (Å²) in [5, 5.41) is 11.3. The molecule has 0 saturated heterocycles. The summed E-state index contributed by atoms with van der Waals surface area (Å²) >= 11 is 12.2. The molecular weight excluding hydrogens is 575 g/mol. The maximum atomic E-state index is 13.1. The lowest BCUT2D eigenvalue weighted by molar-refractivity contribution is 0.0948. The standard InChI is InChI=1S/C28H20Cl2N4O5S/c29-19-10-15-24(22(16-19)27(35)31-17-26-32-33-28(39-26)18-6-2-1-3-7-18)34-40(36,37)21-13-11-20(12-14-21)38-25-9-5-4-8-23(25)30/h1-16,34H,17H2,(H,31,35). The van der Waals surface area contributed by atoms with E-state index in [-0.39, 0.29) is 33.6 Å². The van der Waals surface area contributed by atoms with Crippen LogP contribution in [0.4, 0.5) is 5.69 Å². The first-order valence-corrected chi connectivity index (χ1v) is 14.0. The van der Waals surface area contributed by atoms with Gasteiger partial charge in [-0.15, -0.1) is 10.2 Å². The van der Waals surface area contributed by atoms with Gasteiger partial charge < -0.3 is 14.5 Å². The number of nitrogens with one attached hydrogen (secondary N) is 2. The lowest BCUT2D eigenvalue weighted by Crippen LogP contribution is -2.25. The third-order valence-electron chi connectivity index (χ3n) is 5.56. The molecule has 0 bridgehead atoms. The van der Waals surface area contributed by atoms with Crippen molar-refractivity contribution in [1.82, 2.24) is 15.5 Å². The molecule has 5 rings (SSSR count). The van der Waals surface area contributed by atoms with Crippen molar-refractivity contribution in [2.75, 3.05) is 4.72 Å². The first kappa shape index (κ1) is 27.2. The van der Waals surface area contributed by atoms with Gasteiger partial charge in [0.1, 0.15) is 11.5 Å². The number of amides is 1. The Morgan fingerprint density at radius 2 is 1.60 bits per heavy atom. The number of halogens is 2. The molecule has 202 valence electrons. The smallest absolute Gasteiger partial charge is 0.261 e. The van der Waals surface area contributed by atoms with Crippen molar-refractivity contribution >= 4 is 44.8 Å². The summed E-state index contributed by atoms with van der Waals surface area (Å²) in [6, 6.07) is 26.1. The molecule has 40 heavy (non-hydrogen) atoms. The van der Waals surface area contributed by atoms with Crippen LogP contribution in [0.2, 0.25) is 10.0 Å². The predicted octanol–water partition coefficient (Wildman–Crippen LogP) is 6.57. The number of para-hydroxylation sites is 1. The number of hydrogen-bond acceptors (Lipinski definition) is 7. The van der Waals surface area contributed by atoms with Gasteiger partial charge in [-0.25, -0.2) is 8.42 Å². The molecule has 4 aromatic carbocycles. The molecule has 0 radical (unpaired) electrons. The highest BCUT2D eigenvalue weighted by atomic mass is 35.5. The second-order valence-electron chi connectivity index (χ2n) is 8.35. The van der Waals surface area contributed by atoms with Gasteiger partial charge in [-0.3, -0.25) is 9.52 Å². The minimum Gasteiger partial charge on any atom is -0.456 e. The molecule has 0 atom stereocenters. The van der Waals surface area contributed by atoms with E-state index in [1.165, 1.54) is 42.5 Å². The summed E-state index contributed by atoms with van der Waals surface area (Å²) in [5.41, 5.74) is 0.786. The van der Waals surface area contributed by atoms with Gasteiger partial charge in [0.05, 0.1) is 27.7 Å². The van der Waals surface area contributed by atoms with Crippen molar-refractivity contribution in [2.24, 2.45) is 0 Å². The maximum Gasteiger partial charge on any atom is 0.261 e. The van der Waals surface area contributed by atoms with Crippen LogP contribution in [-0.4, -0.2) is 24.5 Å². The Balaban J connectivity index is 1.29. The fourth-order valence-electron chi connectivity index (χ4n) is 3.61. The van der Waals surface area contributed by atoms with Gasteiger partial charge >= 0.3 is 0 Å². The summed E-state index contributed by atoms with van der Waals surface area (Å²) in [4.78, 5) is 13.0. The zero-order chi connectivity index (χ0) is 28.1. The predicted molar refractivity (Wildman–Crippen MR) is 151 cm³/mol. The first-order chi connectivity index (χ1) is 19.3. The van der Waals surface area contributed by atoms with Gasteiger partial charge in [0, 0.05) is 10.6 Å². The lowest BCUT2D eigenvalue weighted by atomic mass is 10.1. The molecule has 0 spiro atoms. The second-order valence-corrected chi connectivity index (χ2v) is 10.9. The Morgan fingerprint density at radius 3 is 2.35 bits per heavy atom. The van der Waals surface area contributed by atoms with Crippen molar-refractivity contribution in [3.63, 3.8) is 0 Å². The van der Waals surface area contributed by atoms with Crippen molar-refractivity contribution in [3.8, 4) is 23.0 Å². The van der Waals surface area contributed by atoms with E-state index < -0.39 is 15.9 Å². The fourth-order valence-corrected chi connectivity index (χ4v) is 5.04. The molecule has 1 amide bonds. The molecule has 12 heteroatoms. The highest BCUT2D eigenvalue weighted by Gasteiger charge is 2.20. The van der Waals surface area contributed by atoms with E-state index in [0.717, 1.165) is 5.56 Å². The van der Waals surface area contributed by atoms with E-state index >= 15 is 0 Å². The Hall–Kier alpha value is -4.38. The van der Waals surface area contributed by atoms with Gasteiger partial charge in [-0.05, 0) is 66.7 Å². The van der Waals surface area contributed by atoms with Crippen molar-refractivity contribution in [2.45, 2.75) is 11.4 Å². The molecule has 0 aliphatic rings. The van der Waals surface area contributed by atoms with Crippen LogP contribution in [0.25, 0.3) is 11.5 Å². The Kier molecular flexibility index (Phi) is 8.01. The molecule has 5 aromatic rings. The number of nitrogens with zero attached hydrogens (tertiary/aromatic N) is 2. The van der Waals surface area contributed by atoms with E-state index in [1.54, 1.807) is 24.3 Å². The van der Waals surface area contributed by atoms with E-state index in [0.29, 0.717) is 22.4 Å². The van der Waals surface area contributed by atoms with Crippen LogP contribution >= 0.6 is 23.2 Å². The monoisotopic (exact) mass is 594 g/mol. The SMILES string of the molecule is O=C(NCc1nnc(-c2ccccc2)o1)c1cc(Cl)ccc1NS(=O)(=O)c1ccc(Oc2ccccc2Cl)cc1. The van der Waals surface area contributed by atoms with Gasteiger partial charge in [-0.1, -0.05) is 53.5 Å². The van der Waals surface area contributed by atoms with Crippen LogP contribution in [0.1, 0.15) is 16.2 Å². The van der Waals surface area contributed by atoms with Crippen LogP contribution < -0.4 is 14.8 Å². The summed E-state index contributed by atoms with van der Waals surface area (Å²) in [5.74, 6) is 0.726. The minimum atomic E-state index is -4.07. The first-order valence-electron chi connectivity index (χ1n) is 11.8. The van der Waals surface area contributed by atoms with Crippen LogP contribution in [0, 0.1) is 0 Å². The molecule has 2 N–H and O–H groups in total. The summed E-state index contributed by atoms with van der Waals surface area (Å²) in [6.07, 6.45) is 0. The molecule has 0 aliphatic heterocycles. The van der Waals surface area contributed by atoms with Crippen molar-refractivity contribution < 1.29 is 22.4 Å². The third kappa shape index (κ3) is 6.42. The van der Waals surface area contributed by atoms with Gasteiger partial charge in [0.2, 0.25) is 11.8 Å². The summed E-state index contributed by atoms with van der Waals surface area (Å²) < 4.78 is 40.0. The van der Waals surface area contributed by atoms with Crippen molar-refractivity contribution in [1.29, 1.82) is 0 Å². The average molecular weight is 595 g/mol. The summed E-state index contributed by atoms with van der Waals surface area (Å²) in [7, 11) is -4.07. The number of anilines is 1. The van der Waals surface area contributed by atoms with E-state index in [1.807, 2.05) is 30.3 Å². The average Bonchev–Trinajstić information content (AvgIpc) is 3.44. The number of sulfonamides is 1. The van der Waals surface area contributed by atoms with E-state index in [4.69, 9.17) is 32.4 Å². The second kappa shape index (κ2) is 11.8. The number of rotatable bonds is 9. The molecule has 0 unspecified atom stereocenters. The quantitative estimate of drug-likeness (QED) is 0.198. The van der Waals surface area contributed by atoms with Gasteiger partial charge in [-0.2, -0.15) is 0 Å².